The SMILES string of the molecule is CC(C)CC(=O)N1CCN(C(=O)[C@@H](N)CCC(=O)O)CCCCOC[C@@H](O)[C@H](O)[C@@H](O)C1. The first kappa shape index (κ1) is 28.2. The minimum Gasteiger partial charge on any atom is -0.481 e. The number of carbonyl (C=O) groups excluding carboxylic acids is 2. The summed E-state index contributed by atoms with van der Waals surface area (Å²) >= 11 is 0. The summed E-state index contributed by atoms with van der Waals surface area (Å²) in [5.41, 5.74) is 5.91. The number of aliphatic carboxylic acids is 1. The molecule has 0 saturated carbocycles. The van der Waals surface area contributed by atoms with Crippen molar-refractivity contribution in [1.82, 2.24) is 9.80 Å². The van der Waals surface area contributed by atoms with Crippen molar-refractivity contribution in [2.24, 2.45) is 11.7 Å². The zero-order valence-electron chi connectivity index (χ0n) is 19.1. The number of hydrogen-bond donors (Lipinski definition) is 5. The van der Waals surface area contributed by atoms with Gasteiger partial charge in [0.1, 0.15) is 18.3 Å². The van der Waals surface area contributed by atoms with E-state index in [0.29, 0.717) is 26.0 Å². The summed E-state index contributed by atoms with van der Waals surface area (Å²) in [6, 6.07) is -0.969. The van der Waals surface area contributed by atoms with E-state index in [4.69, 9.17) is 15.6 Å². The van der Waals surface area contributed by atoms with Crippen LogP contribution in [0.25, 0.3) is 0 Å². The number of ether oxygens (including phenoxy) is 1. The molecule has 0 aromatic rings. The van der Waals surface area contributed by atoms with Gasteiger partial charge in [0.25, 0.3) is 0 Å². The van der Waals surface area contributed by atoms with Crippen molar-refractivity contribution in [3.8, 4) is 0 Å². The summed E-state index contributed by atoms with van der Waals surface area (Å²) < 4.78 is 5.35. The maximum Gasteiger partial charge on any atom is 0.303 e. The normalized spacial score (nSPS) is 25.3. The highest BCUT2D eigenvalue weighted by atomic mass is 16.5. The molecule has 4 atom stereocenters. The second-order valence-corrected chi connectivity index (χ2v) is 8.71. The smallest absolute Gasteiger partial charge is 0.303 e. The molecule has 11 heteroatoms. The minimum absolute atomic E-state index is 0.00651. The van der Waals surface area contributed by atoms with Crippen molar-refractivity contribution < 1.29 is 39.5 Å². The average molecular weight is 462 g/mol. The van der Waals surface area contributed by atoms with Crippen LogP contribution in [0.15, 0.2) is 0 Å². The Bertz CT molecular complexity index is 604. The van der Waals surface area contributed by atoms with Crippen molar-refractivity contribution in [2.45, 2.75) is 70.3 Å². The largest absolute Gasteiger partial charge is 0.481 e. The molecule has 32 heavy (non-hydrogen) atoms. The summed E-state index contributed by atoms with van der Waals surface area (Å²) in [4.78, 5) is 39.2. The minimum atomic E-state index is -1.49. The van der Waals surface area contributed by atoms with Crippen LogP contribution in [0.4, 0.5) is 0 Å². The molecular weight excluding hydrogens is 422 g/mol. The molecule has 1 rings (SSSR count). The Hall–Kier alpha value is -1.79. The topological polar surface area (TPSA) is 174 Å². The molecule has 0 aromatic heterocycles. The fourth-order valence-corrected chi connectivity index (χ4v) is 3.41. The number of aliphatic hydroxyl groups excluding tert-OH is 3. The second-order valence-electron chi connectivity index (χ2n) is 8.71. The highest BCUT2D eigenvalue weighted by Gasteiger charge is 2.30. The van der Waals surface area contributed by atoms with E-state index in [1.165, 1.54) is 9.80 Å². The molecule has 0 aromatic carbocycles. The highest BCUT2D eigenvalue weighted by Crippen LogP contribution is 2.11. The Balaban J connectivity index is 2.98. The lowest BCUT2D eigenvalue weighted by molar-refractivity contribution is -0.141. The van der Waals surface area contributed by atoms with Crippen molar-refractivity contribution in [3.63, 3.8) is 0 Å². The lowest BCUT2D eigenvalue weighted by Gasteiger charge is -2.33. The molecule has 186 valence electrons. The Morgan fingerprint density at radius 1 is 1.03 bits per heavy atom. The van der Waals surface area contributed by atoms with E-state index in [1.54, 1.807) is 0 Å². The van der Waals surface area contributed by atoms with Gasteiger partial charge in [-0.15, -0.1) is 0 Å². The van der Waals surface area contributed by atoms with Gasteiger partial charge in [-0.25, -0.2) is 0 Å². The number of carbonyl (C=O) groups is 3. The van der Waals surface area contributed by atoms with Crippen LogP contribution >= 0.6 is 0 Å². The van der Waals surface area contributed by atoms with Crippen molar-refractivity contribution in [3.05, 3.63) is 0 Å². The van der Waals surface area contributed by atoms with Gasteiger partial charge in [0.2, 0.25) is 11.8 Å². The number of β-amino-alcohol motifs (C(OH)–C–C–N with tert-alkyl or cyclic N) is 1. The van der Waals surface area contributed by atoms with Gasteiger partial charge in [0.15, 0.2) is 0 Å². The standard InChI is InChI=1S/C21H39N3O8/c1-14(2)11-18(27)24-9-8-23(21(31)15(22)5-6-19(28)29)7-3-4-10-32-13-17(26)20(30)16(25)12-24/h14-17,20,25-26,30H,3-13,22H2,1-2H3,(H,28,29)/t15-,16-,17+,20+/m0/s1. The predicted molar refractivity (Wildman–Crippen MR) is 116 cm³/mol. The molecule has 0 aliphatic carbocycles. The molecule has 0 radical (unpaired) electrons. The lowest BCUT2D eigenvalue weighted by atomic mass is 10.1. The monoisotopic (exact) mass is 461 g/mol. The van der Waals surface area contributed by atoms with Crippen LogP contribution in [0.5, 0.6) is 0 Å². The molecule has 1 aliphatic rings. The molecule has 11 nitrogen and oxygen atoms in total. The summed E-state index contributed by atoms with van der Waals surface area (Å²) in [6.07, 6.45) is -3.01. The summed E-state index contributed by atoms with van der Waals surface area (Å²) in [7, 11) is 0. The van der Waals surface area contributed by atoms with E-state index in [-0.39, 0.29) is 57.3 Å². The summed E-state index contributed by atoms with van der Waals surface area (Å²) in [5, 5.41) is 39.5. The molecule has 1 aliphatic heterocycles. The molecule has 1 heterocycles. The number of nitrogens with zero attached hydrogens (tertiary/aromatic N) is 2. The lowest BCUT2D eigenvalue weighted by Crippen LogP contribution is -2.51. The first-order valence-corrected chi connectivity index (χ1v) is 11.2. The van der Waals surface area contributed by atoms with Gasteiger partial charge >= 0.3 is 5.97 Å². The number of rotatable bonds is 6. The third-order valence-electron chi connectivity index (χ3n) is 5.32. The van der Waals surface area contributed by atoms with Gasteiger partial charge in [-0.1, -0.05) is 13.8 Å². The molecule has 0 unspecified atom stereocenters. The van der Waals surface area contributed by atoms with Crippen molar-refractivity contribution >= 4 is 17.8 Å². The van der Waals surface area contributed by atoms with Crippen LogP contribution in [0.3, 0.4) is 0 Å². The second kappa shape index (κ2) is 14.4. The first-order chi connectivity index (χ1) is 15.0. The third kappa shape index (κ3) is 10.2. The van der Waals surface area contributed by atoms with E-state index in [0.717, 1.165) is 0 Å². The van der Waals surface area contributed by atoms with Crippen LogP contribution in [-0.4, -0.2) is 112 Å². The van der Waals surface area contributed by atoms with E-state index in [1.807, 2.05) is 13.8 Å². The molecule has 2 amide bonds. The average Bonchev–Trinajstić information content (AvgIpc) is 2.72. The number of nitrogens with two attached hydrogens (primary N) is 1. The van der Waals surface area contributed by atoms with Crippen LogP contribution < -0.4 is 5.73 Å². The molecular formula is C21H39N3O8. The Labute approximate surface area is 189 Å². The number of carboxylic acid groups (broad SMARTS) is 1. The van der Waals surface area contributed by atoms with Gasteiger partial charge in [0.05, 0.1) is 12.6 Å². The number of amides is 2. The quantitative estimate of drug-likeness (QED) is 0.325. The van der Waals surface area contributed by atoms with Gasteiger partial charge < -0.3 is 40.7 Å². The molecule has 1 saturated heterocycles. The predicted octanol–water partition coefficient (Wildman–Crippen LogP) is -1.23. The zero-order chi connectivity index (χ0) is 24.3. The third-order valence-corrected chi connectivity index (χ3v) is 5.32. The Morgan fingerprint density at radius 3 is 2.31 bits per heavy atom. The Kier molecular flexibility index (Phi) is 12.7. The van der Waals surface area contributed by atoms with Crippen molar-refractivity contribution in [2.75, 3.05) is 39.4 Å². The molecule has 6 N–H and O–H groups in total. The van der Waals surface area contributed by atoms with Crippen LogP contribution in [0.1, 0.15) is 46.0 Å². The van der Waals surface area contributed by atoms with Gasteiger partial charge in [-0.05, 0) is 25.2 Å². The van der Waals surface area contributed by atoms with Crippen LogP contribution in [0, 0.1) is 5.92 Å². The van der Waals surface area contributed by atoms with Gasteiger partial charge in [0, 0.05) is 45.6 Å². The van der Waals surface area contributed by atoms with Gasteiger partial charge in [-0.3, -0.25) is 14.4 Å². The van der Waals surface area contributed by atoms with E-state index >= 15 is 0 Å². The molecule has 0 spiro atoms. The van der Waals surface area contributed by atoms with Gasteiger partial charge in [-0.2, -0.15) is 0 Å². The summed E-state index contributed by atoms with van der Waals surface area (Å²) in [6.45, 7) is 4.29. The van der Waals surface area contributed by atoms with Crippen LogP contribution in [0.2, 0.25) is 0 Å². The first-order valence-electron chi connectivity index (χ1n) is 11.2. The fourth-order valence-electron chi connectivity index (χ4n) is 3.41. The van der Waals surface area contributed by atoms with E-state index in [2.05, 4.69) is 0 Å². The number of carboxylic acids is 1. The summed E-state index contributed by atoms with van der Waals surface area (Å²) in [5.74, 6) is -1.61. The number of hydrogen-bond acceptors (Lipinski definition) is 8. The Morgan fingerprint density at radius 2 is 1.69 bits per heavy atom. The molecule has 0 bridgehead atoms. The van der Waals surface area contributed by atoms with E-state index < -0.39 is 36.2 Å². The zero-order valence-corrected chi connectivity index (χ0v) is 19.1. The molecule has 1 fully saturated rings. The number of aliphatic hydroxyl groups is 3. The highest BCUT2D eigenvalue weighted by molar-refractivity contribution is 5.82. The fraction of sp³-hybridized carbons (Fsp3) is 0.857. The maximum absolute atomic E-state index is 12.8. The van der Waals surface area contributed by atoms with E-state index in [9.17, 15) is 29.7 Å². The van der Waals surface area contributed by atoms with Crippen molar-refractivity contribution in [1.29, 1.82) is 0 Å². The maximum atomic E-state index is 12.8. The van der Waals surface area contributed by atoms with Crippen LogP contribution in [-0.2, 0) is 19.1 Å².